The van der Waals surface area contributed by atoms with Crippen LogP contribution in [0.25, 0.3) is 11.6 Å². The highest BCUT2D eigenvalue weighted by Crippen LogP contribution is 2.26. The van der Waals surface area contributed by atoms with Crippen LogP contribution in [0.15, 0.2) is 73.4 Å². The van der Waals surface area contributed by atoms with Gasteiger partial charge in [0.15, 0.2) is 0 Å². The van der Waals surface area contributed by atoms with E-state index in [4.69, 9.17) is 5.73 Å². The molecular formula is C33H45N3. The number of hydrogen-bond acceptors (Lipinski definition) is 2. The fraction of sp³-hybridized carbons (Fsp3) is 0.333. The summed E-state index contributed by atoms with van der Waals surface area (Å²) in [5, 5.41) is 0. The van der Waals surface area contributed by atoms with Gasteiger partial charge in [0.1, 0.15) is 0 Å². The minimum Gasteiger partial charge on any atom is -0.398 e. The number of benzene rings is 1. The molecule has 0 radical (unpaired) electrons. The monoisotopic (exact) mass is 483 g/mol. The van der Waals surface area contributed by atoms with E-state index in [0.717, 1.165) is 35.6 Å². The van der Waals surface area contributed by atoms with Crippen LogP contribution in [0.2, 0.25) is 0 Å². The number of likely N-dealkylation sites (tertiary alicyclic amines) is 1. The van der Waals surface area contributed by atoms with Crippen LogP contribution in [0, 0.1) is 19.8 Å². The van der Waals surface area contributed by atoms with Crippen molar-refractivity contribution in [1.82, 2.24) is 9.88 Å². The second-order valence-electron chi connectivity index (χ2n) is 8.56. The number of rotatable bonds is 9. The van der Waals surface area contributed by atoms with Gasteiger partial charge in [0.25, 0.3) is 0 Å². The molecular weight excluding hydrogens is 438 g/mol. The van der Waals surface area contributed by atoms with Crippen molar-refractivity contribution >= 4 is 17.3 Å². The molecule has 1 aromatic carbocycles. The van der Waals surface area contributed by atoms with E-state index >= 15 is 0 Å². The molecule has 0 bridgehead atoms. The number of aromatic nitrogens is 1. The highest BCUT2D eigenvalue weighted by atomic mass is 15.1. The maximum Gasteiger partial charge on any atom is 0.0350 e. The largest absolute Gasteiger partial charge is 0.398 e. The first-order valence-corrected chi connectivity index (χ1v) is 13.0. The number of piperidine rings is 1. The van der Waals surface area contributed by atoms with Crippen molar-refractivity contribution in [3.8, 4) is 12.8 Å². The average Bonchev–Trinajstić information content (AvgIpc) is 3.28. The van der Waals surface area contributed by atoms with Crippen LogP contribution < -0.4 is 5.73 Å². The summed E-state index contributed by atoms with van der Waals surface area (Å²) in [4.78, 5) is 6.02. The lowest BCUT2D eigenvalue weighted by molar-refractivity contribution is 0.248. The molecule has 1 aromatic heterocycles. The lowest BCUT2D eigenvalue weighted by Gasteiger charge is -2.26. The van der Waals surface area contributed by atoms with Gasteiger partial charge >= 0.3 is 0 Å². The van der Waals surface area contributed by atoms with E-state index in [-0.39, 0.29) is 0 Å². The fourth-order valence-electron chi connectivity index (χ4n) is 4.31. The number of terminal acetylenes is 1. The number of nitrogens with one attached hydrogen (secondary N) is 1. The number of aromatic amines is 1. The minimum atomic E-state index is 0.769. The van der Waals surface area contributed by atoms with Crippen molar-refractivity contribution in [1.29, 1.82) is 0 Å². The number of H-pyrrole nitrogens is 1. The Kier molecular flexibility index (Phi) is 14.5. The number of allylic oxidation sites excluding steroid dienone is 5. The normalized spacial score (nSPS) is 14.4. The molecule has 3 nitrogen and oxygen atoms in total. The lowest BCUT2D eigenvalue weighted by Crippen LogP contribution is -2.31. The third kappa shape index (κ3) is 9.29. The summed E-state index contributed by atoms with van der Waals surface area (Å²) in [6.45, 7) is 19.3. The first kappa shape index (κ1) is 30.6. The number of anilines is 1. The van der Waals surface area contributed by atoms with Crippen LogP contribution in [0.1, 0.15) is 68.1 Å². The standard InChI is InChI=1S/C29H37N3.C2H6.C2H2/c1-5-8-12-25-19-28(31-22(25)4)20-27-18-26(13-14-29(27)30)24(7-3)17-23(6-2)21-32-15-10-9-11-16-32;2*1-2/h5-8,12-14,17-19,31H,1-2,9-11,15-16,20-21,30H2,3-4H3;1-2H3;1-2H/b12-8-,23-17+,24-7+;;. The second kappa shape index (κ2) is 17.0. The van der Waals surface area contributed by atoms with E-state index in [1.807, 2.05) is 32.1 Å². The smallest absolute Gasteiger partial charge is 0.0350 e. The van der Waals surface area contributed by atoms with Crippen LogP contribution in [0.4, 0.5) is 5.69 Å². The third-order valence-corrected chi connectivity index (χ3v) is 6.15. The predicted octanol–water partition coefficient (Wildman–Crippen LogP) is 7.97. The highest BCUT2D eigenvalue weighted by molar-refractivity contribution is 5.77. The summed E-state index contributed by atoms with van der Waals surface area (Å²) < 4.78 is 0. The maximum atomic E-state index is 6.36. The van der Waals surface area contributed by atoms with E-state index < -0.39 is 0 Å². The van der Waals surface area contributed by atoms with Gasteiger partial charge in [-0.25, -0.2) is 0 Å². The Morgan fingerprint density at radius 3 is 2.42 bits per heavy atom. The van der Waals surface area contributed by atoms with Gasteiger partial charge in [0, 0.05) is 30.0 Å². The summed E-state index contributed by atoms with van der Waals surface area (Å²) in [6, 6.07) is 8.55. The van der Waals surface area contributed by atoms with E-state index in [0.29, 0.717) is 0 Å². The van der Waals surface area contributed by atoms with Crippen LogP contribution in [-0.2, 0) is 6.42 Å². The van der Waals surface area contributed by atoms with Gasteiger partial charge in [-0.1, -0.05) is 75.9 Å². The Labute approximate surface area is 220 Å². The number of nitrogens with two attached hydrogens (primary N) is 1. The van der Waals surface area contributed by atoms with Gasteiger partial charge in [0.2, 0.25) is 0 Å². The van der Waals surface area contributed by atoms with E-state index in [1.54, 1.807) is 6.08 Å². The minimum absolute atomic E-state index is 0.769. The molecule has 1 fully saturated rings. The summed E-state index contributed by atoms with van der Waals surface area (Å²) in [7, 11) is 0. The Morgan fingerprint density at radius 2 is 1.81 bits per heavy atom. The zero-order valence-corrected chi connectivity index (χ0v) is 22.8. The molecule has 36 heavy (non-hydrogen) atoms. The Balaban J connectivity index is 0.00000154. The molecule has 0 unspecified atom stereocenters. The predicted molar refractivity (Wildman–Crippen MR) is 162 cm³/mol. The summed E-state index contributed by atoms with van der Waals surface area (Å²) in [5.74, 6) is 0. The van der Waals surface area contributed by atoms with E-state index in [9.17, 15) is 0 Å². The number of aryl methyl sites for hydroxylation is 1. The molecule has 192 valence electrons. The van der Waals surface area contributed by atoms with Crippen molar-refractivity contribution in [3.63, 3.8) is 0 Å². The number of nitrogens with zero attached hydrogens (tertiary/aromatic N) is 1. The molecule has 0 spiro atoms. The summed E-state index contributed by atoms with van der Waals surface area (Å²) >= 11 is 0. The van der Waals surface area contributed by atoms with E-state index in [2.05, 4.69) is 86.2 Å². The van der Waals surface area contributed by atoms with Gasteiger partial charge < -0.3 is 10.7 Å². The quantitative estimate of drug-likeness (QED) is 0.216. The molecule has 1 aliphatic heterocycles. The van der Waals surface area contributed by atoms with Crippen LogP contribution >= 0.6 is 0 Å². The molecule has 3 rings (SSSR count). The SMILES string of the molecule is C#C.C=C/C=C\c1cc(Cc2cc(C(/C=C(\C=C)CN3CCCCC3)=C/C)ccc2N)[nH]c1C.CC. The molecule has 0 amide bonds. The van der Waals surface area contributed by atoms with Gasteiger partial charge in [-0.3, -0.25) is 4.90 Å². The first-order valence-electron chi connectivity index (χ1n) is 13.0. The molecule has 0 aliphatic carbocycles. The topological polar surface area (TPSA) is 45.0 Å². The Hall–Kier alpha value is -3.48. The lowest BCUT2D eigenvalue weighted by atomic mass is 9.97. The third-order valence-electron chi connectivity index (χ3n) is 6.15. The summed E-state index contributed by atoms with van der Waals surface area (Å²) in [6.07, 6.45) is 25.0. The molecule has 3 heteroatoms. The second-order valence-corrected chi connectivity index (χ2v) is 8.56. The first-order chi connectivity index (χ1) is 17.5. The van der Waals surface area contributed by atoms with Crippen molar-refractivity contribution in [2.24, 2.45) is 0 Å². The zero-order valence-electron chi connectivity index (χ0n) is 22.8. The van der Waals surface area contributed by atoms with Gasteiger partial charge in [-0.15, -0.1) is 12.8 Å². The van der Waals surface area contributed by atoms with Crippen LogP contribution in [0.5, 0.6) is 0 Å². The van der Waals surface area contributed by atoms with Crippen molar-refractivity contribution in [2.75, 3.05) is 25.4 Å². The Morgan fingerprint density at radius 1 is 1.11 bits per heavy atom. The number of nitrogen functional groups attached to an aromatic ring is 1. The molecule has 1 saturated heterocycles. The average molecular weight is 484 g/mol. The van der Waals surface area contributed by atoms with E-state index in [1.165, 1.54) is 54.6 Å². The molecule has 1 aliphatic rings. The molecule has 0 atom stereocenters. The van der Waals surface area contributed by atoms with Gasteiger partial charge in [0.05, 0.1) is 0 Å². The van der Waals surface area contributed by atoms with Crippen molar-refractivity contribution in [3.05, 3.63) is 101 Å². The van der Waals surface area contributed by atoms with Gasteiger partial charge in [-0.2, -0.15) is 0 Å². The Bertz CT molecular complexity index is 1070. The highest BCUT2D eigenvalue weighted by Gasteiger charge is 2.12. The molecule has 2 heterocycles. The molecule has 0 saturated carbocycles. The molecule has 3 N–H and O–H groups in total. The van der Waals surface area contributed by atoms with Crippen LogP contribution in [-0.4, -0.2) is 29.5 Å². The van der Waals surface area contributed by atoms with Gasteiger partial charge in [-0.05, 0) is 85.8 Å². The van der Waals surface area contributed by atoms with Crippen molar-refractivity contribution in [2.45, 2.75) is 53.4 Å². The fourth-order valence-corrected chi connectivity index (χ4v) is 4.31. The summed E-state index contributed by atoms with van der Waals surface area (Å²) in [5.41, 5.74) is 15.4. The maximum absolute atomic E-state index is 6.36. The zero-order chi connectivity index (χ0) is 26.9. The molecule has 2 aromatic rings. The number of hydrogen-bond donors (Lipinski definition) is 2. The van der Waals surface area contributed by atoms with Crippen molar-refractivity contribution < 1.29 is 0 Å². The van der Waals surface area contributed by atoms with Crippen LogP contribution in [0.3, 0.4) is 0 Å².